The van der Waals surface area contributed by atoms with Crippen molar-refractivity contribution in [1.82, 2.24) is 14.6 Å². The highest BCUT2D eigenvalue weighted by Gasteiger charge is 2.60. The molecule has 2 aromatic rings. The van der Waals surface area contributed by atoms with Crippen LogP contribution in [0.25, 0.3) is 5.52 Å². The summed E-state index contributed by atoms with van der Waals surface area (Å²) in [7, 11) is -17.2. The minimum atomic E-state index is -5.85. The Kier molecular flexibility index (Phi) is 6.37. The standard InChI is InChI=1S/C11H14N5O13P3/c12-3-11(6-2-1-5-9(13)14-4-15-16(5)6)8(18)7(17)10(26-11)27-31(22,23)29-32(24,25)28-30(19,20)21/h1-2,4,7-8,10,17-18H,(H,22,23)(H,24,25)(H2,13,14,15)(H2,19,20,21)/t7-,8+,10+,11-/m0/s1. The molecule has 1 aliphatic rings. The molecule has 1 fully saturated rings. The smallest absolute Gasteiger partial charge is 0.386 e. The summed E-state index contributed by atoms with van der Waals surface area (Å²) in [5.41, 5.74) is 3.21. The lowest BCUT2D eigenvalue weighted by molar-refractivity contribution is -0.140. The number of fused-ring (bicyclic) bond motifs is 1. The van der Waals surface area contributed by atoms with Crippen LogP contribution in [0, 0.1) is 11.3 Å². The van der Waals surface area contributed by atoms with Gasteiger partial charge in [0, 0.05) is 0 Å². The van der Waals surface area contributed by atoms with Crippen molar-refractivity contribution in [3.05, 3.63) is 24.2 Å². The number of anilines is 1. The van der Waals surface area contributed by atoms with E-state index in [1.54, 1.807) is 6.07 Å². The largest absolute Gasteiger partial charge is 0.490 e. The Hall–Kier alpha value is -1.80. The SMILES string of the molecule is N#C[C@@]1(c2ccc3c(N)ncnn23)O[C@H](OP(=O)(O)OP(=O)(O)OP(=O)(O)O)[C@@H](O)[C@H]1O. The van der Waals surface area contributed by atoms with E-state index in [1.807, 2.05) is 0 Å². The highest BCUT2D eigenvalue weighted by Crippen LogP contribution is 2.67. The molecule has 21 heteroatoms. The topological polar surface area (TPSA) is 290 Å². The van der Waals surface area contributed by atoms with Gasteiger partial charge < -0.3 is 40.3 Å². The number of aliphatic hydroxyl groups is 2. The normalized spacial score (nSPS) is 30.0. The minimum Gasteiger partial charge on any atom is -0.386 e. The van der Waals surface area contributed by atoms with Crippen LogP contribution in [0.4, 0.5) is 5.82 Å². The van der Waals surface area contributed by atoms with E-state index < -0.39 is 47.6 Å². The van der Waals surface area contributed by atoms with E-state index in [0.29, 0.717) is 0 Å². The summed E-state index contributed by atoms with van der Waals surface area (Å²) in [6.07, 6.45) is -5.64. The number of nitrogen functional groups attached to an aromatic ring is 1. The first kappa shape index (κ1) is 24.8. The molecule has 3 rings (SSSR count). The molecule has 0 aromatic carbocycles. The number of rotatable bonds is 7. The van der Waals surface area contributed by atoms with E-state index >= 15 is 0 Å². The van der Waals surface area contributed by atoms with Crippen LogP contribution in [-0.2, 0) is 37.2 Å². The van der Waals surface area contributed by atoms with Crippen molar-refractivity contribution in [2.45, 2.75) is 24.1 Å². The van der Waals surface area contributed by atoms with Crippen molar-refractivity contribution in [2.24, 2.45) is 0 Å². The first-order valence-electron chi connectivity index (χ1n) is 7.97. The Labute approximate surface area is 176 Å². The maximum Gasteiger partial charge on any atom is 0.490 e. The van der Waals surface area contributed by atoms with Crippen LogP contribution >= 0.6 is 23.5 Å². The Morgan fingerprint density at radius 1 is 1.16 bits per heavy atom. The van der Waals surface area contributed by atoms with Crippen molar-refractivity contribution in [3.8, 4) is 6.07 Å². The number of ether oxygens (including phenoxy) is 1. The predicted octanol–water partition coefficient (Wildman–Crippen LogP) is -1.55. The molecule has 0 amide bonds. The van der Waals surface area contributed by atoms with E-state index in [4.69, 9.17) is 20.3 Å². The number of hydrogen-bond donors (Lipinski definition) is 7. The second-order valence-electron chi connectivity index (χ2n) is 6.13. The molecule has 0 saturated carbocycles. The molecule has 0 bridgehead atoms. The van der Waals surface area contributed by atoms with Crippen LogP contribution in [0.5, 0.6) is 0 Å². The van der Waals surface area contributed by atoms with E-state index in [9.17, 15) is 39.0 Å². The molecule has 0 aliphatic carbocycles. The van der Waals surface area contributed by atoms with Gasteiger partial charge in [-0.3, -0.25) is 4.52 Å². The van der Waals surface area contributed by atoms with Crippen LogP contribution in [0.1, 0.15) is 5.69 Å². The first-order chi connectivity index (χ1) is 14.6. The summed E-state index contributed by atoms with van der Waals surface area (Å²) >= 11 is 0. The number of phosphoric acid groups is 3. The summed E-state index contributed by atoms with van der Waals surface area (Å²) in [5, 5.41) is 34.2. The van der Waals surface area contributed by atoms with Gasteiger partial charge in [0.15, 0.2) is 12.1 Å². The molecule has 1 saturated heterocycles. The number of hydrogen-bond acceptors (Lipinski definition) is 13. The summed E-state index contributed by atoms with van der Waals surface area (Å²) in [6.45, 7) is 0. The second kappa shape index (κ2) is 8.20. The van der Waals surface area contributed by atoms with Gasteiger partial charge in [0.05, 0.1) is 5.69 Å². The van der Waals surface area contributed by atoms with Gasteiger partial charge in [0.1, 0.15) is 30.1 Å². The van der Waals surface area contributed by atoms with Crippen LogP contribution in [0.2, 0.25) is 0 Å². The third-order valence-corrected chi connectivity index (χ3v) is 7.80. The van der Waals surface area contributed by atoms with Crippen LogP contribution in [0.3, 0.4) is 0 Å². The molecule has 2 aromatic heterocycles. The van der Waals surface area contributed by atoms with Crippen molar-refractivity contribution in [3.63, 3.8) is 0 Å². The number of phosphoric ester groups is 1. The Morgan fingerprint density at radius 3 is 2.41 bits per heavy atom. The van der Waals surface area contributed by atoms with Gasteiger partial charge in [-0.05, 0) is 12.1 Å². The van der Waals surface area contributed by atoms with Crippen molar-refractivity contribution in [1.29, 1.82) is 5.26 Å². The summed E-state index contributed by atoms with van der Waals surface area (Å²) in [4.78, 5) is 39.6. The molecule has 18 nitrogen and oxygen atoms in total. The fourth-order valence-electron chi connectivity index (χ4n) is 2.82. The lowest BCUT2D eigenvalue weighted by atomic mass is 9.93. The number of nitrogens with two attached hydrogens (primary N) is 1. The van der Waals surface area contributed by atoms with Gasteiger partial charge in [-0.25, -0.2) is 23.2 Å². The van der Waals surface area contributed by atoms with Gasteiger partial charge >= 0.3 is 23.5 Å². The van der Waals surface area contributed by atoms with Crippen LogP contribution < -0.4 is 5.73 Å². The Bertz CT molecular complexity index is 1220. The number of nitrogens with zero attached hydrogens (tertiary/aromatic N) is 4. The number of aromatic nitrogens is 3. The third kappa shape index (κ3) is 4.76. The number of nitriles is 1. The molecule has 32 heavy (non-hydrogen) atoms. The van der Waals surface area contributed by atoms with Gasteiger partial charge in [-0.2, -0.15) is 19.0 Å². The molecule has 2 unspecified atom stereocenters. The highest BCUT2D eigenvalue weighted by molar-refractivity contribution is 7.66. The highest BCUT2D eigenvalue weighted by atomic mass is 31.3. The quantitative estimate of drug-likeness (QED) is 0.205. The molecule has 3 heterocycles. The lowest BCUT2D eigenvalue weighted by Gasteiger charge is -2.24. The zero-order valence-corrected chi connectivity index (χ0v) is 17.9. The molecule has 176 valence electrons. The fraction of sp³-hybridized carbons (Fsp3) is 0.364. The average Bonchev–Trinajstić information content (AvgIpc) is 3.15. The average molecular weight is 517 g/mol. The Morgan fingerprint density at radius 2 is 1.81 bits per heavy atom. The van der Waals surface area contributed by atoms with Gasteiger partial charge in [0.2, 0.25) is 5.60 Å². The fourth-order valence-corrected chi connectivity index (χ4v) is 5.91. The third-order valence-electron chi connectivity index (χ3n) is 4.00. The van der Waals surface area contributed by atoms with E-state index in [0.717, 1.165) is 10.8 Å². The zero-order chi connectivity index (χ0) is 24.1. The van der Waals surface area contributed by atoms with Crippen LogP contribution in [-0.4, -0.2) is 62.9 Å². The zero-order valence-electron chi connectivity index (χ0n) is 15.2. The van der Waals surface area contributed by atoms with Crippen LogP contribution in [0.15, 0.2) is 18.5 Å². The second-order valence-corrected chi connectivity index (χ2v) is 10.5. The van der Waals surface area contributed by atoms with Gasteiger partial charge in [0.25, 0.3) is 0 Å². The maximum atomic E-state index is 12.0. The van der Waals surface area contributed by atoms with E-state index in [-0.39, 0.29) is 17.0 Å². The minimum absolute atomic E-state index is 0.0165. The number of aliphatic hydroxyl groups excluding tert-OH is 2. The molecule has 1 aliphatic heterocycles. The van der Waals surface area contributed by atoms with E-state index in [2.05, 4.69) is 23.2 Å². The molecular formula is C11H14N5O13P3. The first-order valence-corrected chi connectivity index (χ1v) is 12.5. The van der Waals surface area contributed by atoms with Gasteiger partial charge in [-0.1, -0.05) is 0 Å². The van der Waals surface area contributed by atoms with Crippen molar-refractivity contribution >= 4 is 34.8 Å². The maximum absolute atomic E-state index is 12.0. The summed E-state index contributed by atoms with van der Waals surface area (Å²) in [5.74, 6) is -0.0165. The van der Waals surface area contributed by atoms with Crippen molar-refractivity contribution < 1.29 is 61.4 Å². The Balaban J connectivity index is 1.90. The molecule has 0 radical (unpaired) electrons. The molecular weight excluding hydrogens is 503 g/mol. The van der Waals surface area contributed by atoms with E-state index in [1.165, 1.54) is 12.1 Å². The molecule has 0 spiro atoms. The van der Waals surface area contributed by atoms with Crippen molar-refractivity contribution in [2.75, 3.05) is 5.73 Å². The predicted molar refractivity (Wildman–Crippen MR) is 96.5 cm³/mol. The lowest BCUT2D eigenvalue weighted by Crippen LogP contribution is -2.40. The van der Waals surface area contributed by atoms with Gasteiger partial charge in [-0.15, -0.1) is 0 Å². The summed E-state index contributed by atoms with van der Waals surface area (Å²) < 4.78 is 51.8. The molecule has 6 atom stereocenters. The monoisotopic (exact) mass is 517 g/mol. The molecule has 8 N–H and O–H groups in total. The summed E-state index contributed by atoms with van der Waals surface area (Å²) in [6, 6.07) is 4.17.